The highest BCUT2D eigenvalue weighted by Gasteiger charge is 2.51. The number of esters is 3. The molecule has 2 saturated heterocycles. The molecule has 2 aliphatic rings. The van der Waals surface area contributed by atoms with Gasteiger partial charge in [-0.25, -0.2) is 9.59 Å². The zero-order valence-corrected chi connectivity index (χ0v) is 18.1. The van der Waals surface area contributed by atoms with Crippen LogP contribution in [0.2, 0.25) is 0 Å². The molecule has 4 rings (SSSR count). The van der Waals surface area contributed by atoms with Crippen LogP contribution in [0.15, 0.2) is 53.9 Å². The summed E-state index contributed by atoms with van der Waals surface area (Å²) in [4.78, 5) is 51.5. The number of fused-ring (bicyclic) bond motifs is 1. The van der Waals surface area contributed by atoms with E-state index in [0.29, 0.717) is 5.56 Å². The molecule has 0 spiro atoms. The summed E-state index contributed by atoms with van der Waals surface area (Å²) >= 11 is 0. The van der Waals surface area contributed by atoms with Gasteiger partial charge in [0.25, 0.3) is 0 Å². The molecule has 0 aliphatic carbocycles. The van der Waals surface area contributed by atoms with Crippen molar-refractivity contribution in [3.05, 3.63) is 70.1 Å². The van der Waals surface area contributed by atoms with Crippen molar-refractivity contribution in [1.82, 2.24) is 0 Å². The molecule has 0 aromatic heterocycles. The first kappa shape index (κ1) is 23.3. The van der Waals surface area contributed by atoms with Gasteiger partial charge in [-0.05, 0) is 18.2 Å². The third-order valence-electron chi connectivity index (χ3n) is 5.35. The number of para-hydroxylation sites is 1. The molecule has 0 N–H and O–H groups in total. The van der Waals surface area contributed by atoms with E-state index in [1.807, 2.05) is 0 Å². The summed E-state index contributed by atoms with van der Waals surface area (Å²) in [7, 11) is 0. The summed E-state index contributed by atoms with van der Waals surface area (Å²) < 4.78 is 27.6. The fourth-order valence-electron chi connectivity index (χ4n) is 3.85. The molecule has 2 aliphatic heterocycles. The van der Waals surface area contributed by atoms with E-state index in [2.05, 4.69) is 10.2 Å². The van der Waals surface area contributed by atoms with E-state index < -0.39 is 42.3 Å². The number of hydrogen-bond acceptors (Lipinski definition) is 11. The maximum atomic E-state index is 12.7. The Hall–Kier alpha value is -3.83. The molecule has 4 atom stereocenters. The lowest BCUT2D eigenvalue weighted by atomic mass is 10.1. The zero-order valence-electron chi connectivity index (χ0n) is 18.1. The Bertz CT molecular complexity index is 1090. The smallest absolute Gasteiger partial charge is 0.342 e. The molecule has 2 aromatic carbocycles. The summed E-state index contributed by atoms with van der Waals surface area (Å²) in [5.74, 6) is -1.82. The number of carbonyl (C=O) groups is 3. The molecule has 0 radical (unpaired) electrons. The third-order valence-corrected chi connectivity index (χ3v) is 5.35. The summed E-state index contributed by atoms with van der Waals surface area (Å²) in [6, 6.07) is 12.7. The molecule has 11 nitrogen and oxygen atoms in total. The molecule has 11 heteroatoms. The van der Waals surface area contributed by atoms with Crippen molar-refractivity contribution in [1.29, 1.82) is 0 Å². The lowest BCUT2D eigenvalue weighted by Crippen LogP contribution is -2.36. The highest BCUT2D eigenvalue weighted by atomic mass is 16.7. The summed E-state index contributed by atoms with van der Waals surface area (Å²) in [5.41, 5.74) is 0.747. The summed E-state index contributed by atoms with van der Waals surface area (Å²) in [6.07, 6.45) is -2.75. The average Bonchev–Trinajstić information content (AvgIpc) is 3.41. The van der Waals surface area contributed by atoms with Gasteiger partial charge in [0, 0.05) is 12.5 Å². The molecule has 178 valence electrons. The minimum absolute atomic E-state index is 0.0420. The van der Waals surface area contributed by atoms with Crippen molar-refractivity contribution in [3.8, 4) is 5.75 Å². The Kier molecular flexibility index (Phi) is 7.14. The molecule has 0 amide bonds. The van der Waals surface area contributed by atoms with Crippen LogP contribution in [0.1, 0.15) is 33.2 Å². The lowest BCUT2D eigenvalue weighted by Gasteiger charge is -2.18. The second-order valence-corrected chi connectivity index (χ2v) is 7.58. The largest absolute Gasteiger partial charge is 0.453 e. The normalized spacial score (nSPS) is 23.0. The van der Waals surface area contributed by atoms with Gasteiger partial charge in [-0.3, -0.25) is 4.79 Å². The Labute approximate surface area is 193 Å². The van der Waals surface area contributed by atoms with Crippen LogP contribution < -0.4 is 4.74 Å². The van der Waals surface area contributed by atoms with Crippen LogP contribution >= 0.6 is 0 Å². The van der Waals surface area contributed by atoms with E-state index in [4.69, 9.17) is 23.7 Å². The molecule has 0 bridgehead atoms. The van der Waals surface area contributed by atoms with Crippen molar-refractivity contribution in [2.45, 2.75) is 37.9 Å². The first-order valence-corrected chi connectivity index (χ1v) is 10.4. The van der Waals surface area contributed by atoms with E-state index in [9.17, 15) is 19.3 Å². The fraction of sp³-hybridized carbons (Fsp3) is 0.348. The van der Waals surface area contributed by atoms with Crippen LogP contribution in [0, 0.1) is 4.91 Å². The van der Waals surface area contributed by atoms with Crippen molar-refractivity contribution in [2.75, 3.05) is 13.2 Å². The van der Waals surface area contributed by atoms with Crippen LogP contribution in [0.3, 0.4) is 0 Å². The molecule has 1 unspecified atom stereocenters. The van der Waals surface area contributed by atoms with Crippen molar-refractivity contribution in [3.63, 3.8) is 0 Å². The van der Waals surface area contributed by atoms with E-state index >= 15 is 0 Å². The Morgan fingerprint density at radius 1 is 0.882 bits per heavy atom. The van der Waals surface area contributed by atoms with Crippen molar-refractivity contribution >= 4 is 17.9 Å². The predicted molar refractivity (Wildman–Crippen MR) is 113 cm³/mol. The first-order chi connectivity index (χ1) is 16.5. The zero-order chi connectivity index (χ0) is 24.1. The molecule has 0 saturated carbocycles. The van der Waals surface area contributed by atoms with Crippen LogP contribution in [-0.2, 0) is 35.2 Å². The molecule has 2 fully saturated rings. The number of benzene rings is 2. The Morgan fingerprint density at radius 2 is 1.44 bits per heavy atom. The first-order valence-electron chi connectivity index (χ1n) is 10.4. The second kappa shape index (κ2) is 10.4. The van der Waals surface area contributed by atoms with Crippen LogP contribution in [0.4, 0.5) is 0 Å². The number of carbonyl (C=O) groups excluding carboxylic acids is 3. The standard InChI is InChI=1S/C23H21NO10/c1-13(25)32-17-9-5-4-8-16(17)23(27)34-19-12-30-20-18(11-29-21(19)20)33-22(26)15-7-3-2-6-14(15)10-31-24-28/h2-9,18-21H,10-12H2,1H3/t18?,19-,20+,21+/m0/s1. The van der Waals surface area contributed by atoms with E-state index in [1.54, 1.807) is 36.4 Å². The maximum Gasteiger partial charge on any atom is 0.342 e. The van der Waals surface area contributed by atoms with Gasteiger partial charge in [0.1, 0.15) is 30.1 Å². The number of hydrogen-bond donors (Lipinski definition) is 0. The molecular weight excluding hydrogens is 450 g/mol. The molecule has 2 heterocycles. The van der Waals surface area contributed by atoms with Gasteiger partial charge in [0.2, 0.25) is 0 Å². The van der Waals surface area contributed by atoms with Crippen LogP contribution in [-0.4, -0.2) is 55.5 Å². The second-order valence-electron chi connectivity index (χ2n) is 7.58. The lowest BCUT2D eigenvalue weighted by molar-refractivity contribution is -0.131. The quantitative estimate of drug-likeness (QED) is 0.244. The van der Waals surface area contributed by atoms with Crippen LogP contribution in [0.25, 0.3) is 0 Å². The predicted octanol–water partition coefficient (Wildman–Crippen LogP) is 2.36. The minimum Gasteiger partial charge on any atom is -0.453 e. The average molecular weight is 471 g/mol. The van der Waals surface area contributed by atoms with Crippen molar-refractivity contribution < 1.29 is 42.9 Å². The highest BCUT2D eigenvalue weighted by molar-refractivity contribution is 5.93. The van der Waals surface area contributed by atoms with Crippen molar-refractivity contribution in [2.24, 2.45) is 5.34 Å². The SMILES string of the molecule is CC(=O)Oc1ccccc1C(=O)O[C@H]1CO[C@@H]2C(OC(=O)c3ccccc3CON=O)CO[C@H]12. The fourth-order valence-corrected chi connectivity index (χ4v) is 3.85. The van der Waals surface area contributed by atoms with Gasteiger partial charge in [0.05, 0.1) is 18.8 Å². The Balaban J connectivity index is 1.39. The number of nitrogens with zero attached hydrogens (tertiary/aromatic N) is 1. The van der Waals surface area contributed by atoms with E-state index in [-0.39, 0.29) is 36.7 Å². The molecule has 2 aromatic rings. The van der Waals surface area contributed by atoms with E-state index in [0.717, 1.165) is 0 Å². The van der Waals surface area contributed by atoms with Gasteiger partial charge >= 0.3 is 17.9 Å². The minimum atomic E-state index is -0.745. The summed E-state index contributed by atoms with van der Waals surface area (Å²) in [5, 5.41) is 2.34. The van der Waals surface area contributed by atoms with Gasteiger partial charge in [-0.1, -0.05) is 30.3 Å². The monoisotopic (exact) mass is 471 g/mol. The van der Waals surface area contributed by atoms with Gasteiger partial charge in [0.15, 0.2) is 17.5 Å². The number of ether oxygens (including phenoxy) is 5. The van der Waals surface area contributed by atoms with Crippen LogP contribution in [0.5, 0.6) is 5.75 Å². The maximum absolute atomic E-state index is 12.7. The number of rotatable bonds is 8. The summed E-state index contributed by atoms with van der Waals surface area (Å²) in [6.45, 7) is 1.15. The topological polar surface area (TPSA) is 136 Å². The third kappa shape index (κ3) is 5.05. The highest BCUT2D eigenvalue weighted by Crippen LogP contribution is 2.32. The van der Waals surface area contributed by atoms with Gasteiger partial charge in [-0.2, -0.15) is 0 Å². The molecule has 34 heavy (non-hydrogen) atoms. The van der Waals surface area contributed by atoms with E-state index in [1.165, 1.54) is 19.1 Å². The van der Waals surface area contributed by atoms with Gasteiger partial charge in [-0.15, -0.1) is 4.91 Å². The van der Waals surface area contributed by atoms with Gasteiger partial charge < -0.3 is 28.5 Å². The molecular formula is C23H21NO10. The Morgan fingerprint density at radius 3 is 2.06 bits per heavy atom.